The molecule has 0 bridgehead atoms. The van der Waals surface area contributed by atoms with E-state index in [9.17, 15) is 18.0 Å². The Morgan fingerprint density at radius 1 is 1.25 bits per heavy atom. The van der Waals surface area contributed by atoms with E-state index in [1.54, 1.807) is 19.1 Å². The summed E-state index contributed by atoms with van der Waals surface area (Å²) in [6, 6.07) is 6.25. The SMILES string of the molecule is CC(=CC(=O)O)c1ccc(C2=CC(=O)NS2(=O)=O)cc1. The van der Waals surface area contributed by atoms with Gasteiger partial charge in [0.15, 0.2) is 0 Å². The van der Waals surface area contributed by atoms with Gasteiger partial charge < -0.3 is 5.11 Å². The van der Waals surface area contributed by atoms with Gasteiger partial charge in [-0.25, -0.2) is 17.9 Å². The number of hydrogen-bond donors (Lipinski definition) is 2. The van der Waals surface area contributed by atoms with Gasteiger partial charge in [-0.2, -0.15) is 0 Å². The lowest BCUT2D eigenvalue weighted by Crippen LogP contribution is -2.22. The maximum absolute atomic E-state index is 11.6. The molecule has 1 aromatic carbocycles. The van der Waals surface area contributed by atoms with E-state index in [-0.39, 0.29) is 4.91 Å². The predicted molar refractivity (Wildman–Crippen MR) is 72.8 cm³/mol. The van der Waals surface area contributed by atoms with Gasteiger partial charge in [0.2, 0.25) is 0 Å². The Kier molecular flexibility index (Phi) is 3.46. The second-order valence-electron chi connectivity index (χ2n) is 4.22. The molecule has 0 saturated heterocycles. The minimum Gasteiger partial charge on any atom is -0.478 e. The number of carbonyl (C=O) groups excluding carboxylic acids is 1. The highest BCUT2D eigenvalue weighted by Crippen LogP contribution is 2.25. The third-order valence-electron chi connectivity index (χ3n) is 2.75. The summed E-state index contributed by atoms with van der Waals surface area (Å²) in [6.07, 6.45) is 2.08. The summed E-state index contributed by atoms with van der Waals surface area (Å²) in [4.78, 5) is 21.6. The molecule has 0 saturated carbocycles. The van der Waals surface area contributed by atoms with E-state index in [1.165, 1.54) is 12.1 Å². The molecule has 2 rings (SSSR count). The van der Waals surface area contributed by atoms with Gasteiger partial charge in [-0.15, -0.1) is 0 Å². The first-order chi connectivity index (χ1) is 9.29. The first kappa shape index (κ1) is 14.0. The molecule has 0 spiro atoms. The predicted octanol–water partition coefficient (Wildman–Crippen LogP) is 0.975. The summed E-state index contributed by atoms with van der Waals surface area (Å²) >= 11 is 0. The van der Waals surface area contributed by atoms with Gasteiger partial charge in [0, 0.05) is 12.2 Å². The first-order valence-electron chi connectivity index (χ1n) is 5.60. The van der Waals surface area contributed by atoms with Crippen molar-refractivity contribution in [2.45, 2.75) is 6.92 Å². The van der Waals surface area contributed by atoms with Gasteiger partial charge in [0.05, 0.1) is 0 Å². The standard InChI is InChI=1S/C13H11NO5S/c1-8(6-13(16)17)9-2-4-10(5-3-9)11-7-12(15)14-20(11,18)19/h2-7H,1H3,(H,14,15)(H,16,17). The number of carboxylic acids is 1. The van der Waals surface area contributed by atoms with Crippen molar-refractivity contribution < 1.29 is 23.1 Å². The highest BCUT2D eigenvalue weighted by Gasteiger charge is 2.28. The highest BCUT2D eigenvalue weighted by atomic mass is 32.2. The highest BCUT2D eigenvalue weighted by molar-refractivity contribution is 7.99. The van der Waals surface area contributed by atoms with Crippen LogP contribution in [0.2, 0.25) is 0 Å². The molecule has 0 atom stereocenters. The fraction of sp³-hybridized carbons (Fsp3) is 0.0769. The molecule has 1 aromatic rings. The fourth-order valence-electron chi connectivity index (χ4n) is 1.82. The third kappa shape index (κ3) is 2.77. The average molecular weight is 293 g/mol. The summed E-state index contributed by atoms with van der Waals surface area (Å²) in [6.45, 7) is 1.64. The molecule has 6 nitrogen and oxygen atoms in total. The van der Waals surface area contributed by atoms with Crippen LogP contribution in [0.1, 0.15) is 18.1 Å². The average Bonchev–Trinajstić information content (AvgIpc) is 2.62. The molecule has 0 radical (unpaired) electrons. The van der Waals surface area contributed by atoms with Gasteiger partial charge in [-0.1, -0.05) is 24.3 Å². The van der Waals surface area contributed by atoms with Crippen LogP contribution in [0.4, 0.5) is 0 Å². The van der Waals surface area contributed by atoms with E-state index in [0.29, 0.717) is 16.7 Å². The van der Waals surface area contributed by atoms with Crippen LogP contribution in [0.3, 0.4) is 0 Å². The number of carbonyl (C=O) groups is 2. The van der Waals surface area contributed by atoms with Gasteiger partial charge >= 0.3 is 5.97 Å². The van der Waals surface area contributed by atoms with Crippen LogP contribution in [-0.4, -0.2) is 25.4 Å². The molecule has 104 valence electrons. The molecule has 0 fully saturated rings. The number of sulfonamides is 1. The Morgan fingerprint density at radius 3 is 2.30 bits per heavy atom. The number of aliphatic carboxylic acids is 1. The molecule has 1 amide bonds. The van der Waals surface area contributed by atoms with Gasteiger partial charge in [0.25, 0.3) is 15.9 Å². The van der Waals surface area contributed by atoms with E-state index in [4.69, 9.17) is 5.11 Å². The van der Waals surface area contributed by atoms with Crippen molar-refractivity contribution in [3.63, 3.8) is 0 Å². The molecule has 0 unspecified atom stereocenters. The lowest BCUT2D eigenvalue weighted by Gasteiger charge is -2.05. The Bertz CT molecular complexity index is 741. The number of hydrogen-bond acceptors (Lipinski definition) is 4. The summed E-state index contributed by atoms with van der Waals surface area (Å²) in [5.74, 6) is -1.73. The molecule has 2 N–H and O–H groups in total. The van der Waals surface area contributed by atoms with Crippen LogP contribution in [0, 0.1) is 0 Å². The van der Waals surface area contributed by atoms with E-state index in [0.717, 1.165) is 12.2 Å². The molecule has 1 aliphatic heterocycles. The summed E-state index contributed by atoms with van der Waals surface area (Å²) in [5.41, 5.74) is 1.57. The number of carboxylic acid groups (broad SMARTS) is 1. The quantitative estimate of drug-likeness (QED) is 0.809. The zero-order valence-electron chi connectivity index (χ0n) is 10.5. The number of amides is 1. The van der Waals surface area contributed by atoms with Crippen molar-refractivity contribution in [2.75, 3.05) is 0 Å². The van der Waals surface area contributed by atoms with Crippen molar-refractivity contribution in [2.24, 2.45) is 0 Å². The molecule has 20 heavy (non-hydrogen) atoms. The van der Waals surface area contributed by atoms with Crippen molar-refractivity contribution in [3.8, 4) is 0 Å². The lowest BCUT2D eigenvalue weighted by atomic mass is 10.0. The zero-order valence-corrected chi connectivity index (χ0v) is 11.3. The molecule has 0 aromatic heterocycles. The van der Waals surface area contributed by atoms with Crippen LogP contribution < -0.4 is 4.72 Å². The minimum atomic E-state index is -3.79. The smallest absolute Gasteiger partial charge is 0.328 e. The zero-order chi connectivity index (χ0) is 14.9. The summed E-state index contributed by atoms with van der Waals surface area (Å²) in [7, 11) is -3.79. The normalized spacial score (nSPS) is 17.6. The second kappa shape index (κ2) is 4.93. The van der Waals surface area contributed by atoms with Crippen molar-refractivity contribution in [1.29, 1.82) is 0 Å². The molecule has 1 heterocycles. The van der Waals surface area contributed by atoms with Crippen LogP contribution in [0.5, 0.6) is 0 Å². The van der Waals surface area contributed by atoms with Crippen molar-refractivity contribution in [3.05, 3.63) is 47.5 Å². The minimum absolute atomic E-state index is 0.0890. The van der Waals surface area contributed by atoms with Gasteiger partial charge in [-0.05, 0) is 23.6 Å². The molecular weight excluding hydrogens is 282 g/mol. The van der Waals surface area contributed by atoms with Crippen LogP contribution >= 0.6 is 0 Å². The number of nitrogens with one attached hydrogen (secondary N) is 1. The fourth-order valence-corrected chi connectivity index (χ4v) is 2.96. The topological polar surface area (TPSA) is 101 Å². The Hall–Kier alpha value is -2.41. The second-order valence-corrected chi connectivity index (χ2v) is 5.87. The summed E-state index contributed by atoms with van der Waals surface area (Å²) < 4.78 is 25.2. The van der Waals surface area contributed by atoms with Gasteiger partial charge in [-0.3, -0.25) is 4.79 Å². The first-order valence-corrected chi connectivity index (χ1v) is 7.08. The van der Waals surface area contributed by atoms with Crippen molar-refractivity contribution in [1.82, 2.24) is 4.72 Å². The Morgan fingerprint density at radius 2 is 1.85 bits per heavy atom. The van der Waals surface area contributed by atoms with E-state index in [1.807, 2.05) is 4.72 Å². The van der Waals surface area contributed by atoms with E-state index >= 15 is 0 Å². The Balaban J connectivity index is 2.37. The number of benzene rings is 1. The summed E-state index contributed by atoms with van der Waals surface area (Å²) in [5, 5.41) is 8.66. The molecule has 0 aliphatic carbocycles. The Labute approximate surface area is 115 Å². The van der Waals surface area contributed by atoms with Crippen molar-refractivity contribution >= 4 is 32.4 Å². The largest absolute Gasteiger partial charge is 0.478 e. The van der Waals surface area contributed by atoms with Crippen LogP contribution in [0.25, 0.3) is 10.5 Å². The molecule has 1 aliphatic rings. The molecular formula is C13H11NO5S. The number of allylic oxidation sites excluding steroid dienone is 1. The van der Waals surface area contributed by atoms with Crippen LogP contribution in [-0.2, 0) is 19.6 Å². The van der Waals surface area contributed by atoms with E-state index < -0.39 is 21.9 Å². The monoisotopic (exact) mass is 293 g/mol. The maximum atomic E-state index is 11.6. The maximum Gasteiger partial charge on any atom is 0.328 e. The van der Waals surface area contributed by atoms with Gasteiger partial charge in [0.1, 0.15) is 4.91 Å². The lowest BCUT2D eigenvalue weighted by molar-refractivity contribution is -0.131. The van der Waals surface area contributed by atoms with E-state index in [2.05, 4.69) is 0 Å². The van der Waals surface area contributed by atoms with Crippen LogP contribution in [0.15, 0.2) is 36.4 Å². The number of rotatable bonds is 3. The molecule has 7 heteroatoms. The third-order valence-corrected chi connectivity index (χ3v) is 4.15.